The van der Waals surface area contributed by atoms with E-state index < -0.39 is 11.8 Å². The van der Waals surface area contributed by atoms with Crippen molar-refractivity contribution in [2.75, 3.05) is 0 Å². The summed E-state index contributed by atoms with van der Waals surface area (Å²) in [5.74, 6) is -2.22. The fourth-order valence-corrected chi connectivity index (χ4v) is 4.31. The van der Waals surface area contributed by atoms with Crippen molar-refractivity contribution in [1.82, 2.24) is 9.78 Å². The molecule has 0 bridgehead atoms. The Kier molecular flexibility index (Phi) is 5.43. The van der Waals surface area contributed by atoms with Gasteiger partial charge in [-0.05, 0) is 62.4 Å². The average molecular weight is 427 g/mol. The Bertz CT molecular complexity index is 1150. The van der Waals surface area contributed by atoms with E-state index in [-0.39, 0.29) is 17.0 Å². The minimum absolute atomic E-state index is 0.135. The molecule has 30 heavy (non-hydrogen) atoms. The van der Waals surface area contributed by atoms with Gasteiger partial charge in [0.2, 0.25) is 0 Å². The highest BCUT2D eigenvalue weighted by Gasteiger charge is 2.27. The zero-order valence-electron chi connectivity index (χ0n) is 16.4. The molecule has 1 aliphatic rings. The van der Waals surface area contributed by atoms with Crippen LogP contribution >= 0.6 is 11.6 Å². The Morgan fingerprint density at radius 1 is 1.13 bits per heavy atom. The van der Waals surface area contributed by atoms with Crippen LogP contribution in [0.15, 0.2) is 36.4 Å². The third kappa shape index (κ3) is 3.52. The lowest BCUT2D eigenvalue weighted by Gasteiger charge is -2.10. The number of aromatic carboxylic acids is 1. The van der Waals surface area contributed by atoms with E-state index in [0.29, 0.717) is 29.1 Å². The second kappa shape index (κ2) is 8.03. The summed E-state index contributed by atoms with van der Waals surface area (Å²) in [6, 6.07) is 9.01. The first-order valence-electron chi connectivity index (χ1n) is 9.82. The summed E-state index contributed by atoms with van der Waals surface area (Å²) in [7, 11) is 0. The SMILES string of the molecule is Cc1cccc(Cl)c1C(=O)n1nc(-c2ccc(C(=O)O)cc2F)c2c1CCCCC2. The highest BCUT2D eigenvalue weighted by atomic mass is 35.5. The summed E-state index contributed by atoms with van der Waals surface area (Å²) in [6.45, 7) is 1.81. The number of carboxylic acid groups (broad SMARTS) is 1. The molecule has 1 aliphatic carbocycles. The summed E-state index contributed by atoms with van der Waals surface area (Å²) in [4.78, 5) is 24.5. The number of aromatic nitrogens is 2. The Labute approximate surface area is 178 Å². The lowest BCUT2D eigenvalue weighted by molar-refractivity contribution is 0.0696. The summed E-state index contributed by atoms with van der Waals surface area (Å²) in [6.07, 6.45) is 4.17. The lowest BCUT2D eigenvalue weighted by atomic mass is 10.0. The summed E-state index contributed by atoms with van der Waals surface area (Å²) < 4.78 is 16.2. The van der Waals surface area contributed by atoms with Crippen molar-refractivity contribution in [2.45, 2.75) is 39.0 Å². The van der Waals surface area contributed by atoms with Gasteiger partial charge in [0.15, 0.2) is 0 Å². The number of carbonyl (C=O) groups is 2. The second-order valence-corrected chi connectivity index (χ2v) is 7.89. The molecule has 0 radical (unpaired) electrons. The number of carbonyl (C=O) groups excluding carboxylic acids is 1. The quantitative estimate of drug-likeness (QED) is 0.576. The summed E-state index contributed by atoms with van der Waals surface area (Å²) in [5, 5.41) is 14.0. The first-order chi connectivity index (χ1) is 14.4. The van der Waals surface area contributed by atoms with E-state index in [2.05, 4.69) is 5.10 Å². The minimum Gasteiger partial charge on any atom is -0.478 e. The lowest BCUT2D eigenvalue weighted by Crippen LogP contribution is -2.18. The molecule has 0 atom stereocenters. The average Bonchev–Trinajstić information content (AvgIpc) is 2.88. The Morgan fingerprint density at radius 3 is 2.60 bits per heavy atom. The highest BCUT2D eigenvalue weighted by Crippen LogP contribution is 2.33. The van der Waals surface area contributed by atoms with Crippen molar-refractivity contribution >= 4 is 23.5 Å². The van der Waals surface area contributed by atoms with Crippen LogP contribution in [0.5, 0.6) is 0 Å². The van der Waals surface area contributed by atoms with Crippen LogP contribution in [-0.4, -0.2) is 26.8 Å². The van der Waals surface area contributed by atoms with Gasteiger partial charge in [0.05, 0.1) is 27.5 Å². The van der Waals surface area contributed by atoms with E-state index in [9.17, 15) is 14.0 Å². The number of nitrogens with zero attached hydrogens (tertiary/aromatic N) is 2. The first kappa shape index (κ1) is 20.3. The van der Waals surface area contributed by atoms with Gasteiger partial charge in [0.25, 0.3) is 5.91 Å². The van der Waals surface area contributed by atoms with E-state index in [0.717, 1.165) is 42.1 Å². The van der Waals surface area contributed by atoms with Gasteiger partial charge >= 0.3 is 5.97 Å². The number of aryl methyl sites for hydroxylation is 1. The third-order valence-corrected chi connectivity index (χ3v) is 5.84. The smallest absolute Gasteiger partial charge is 0.335 e. The molecule has 0 saturated heterocycles. The van der Waals surface area contributed by atoms with Crippen LogP contribution < -0.4 is 0 Å². The molecule has 5 nitrogen and oxygen atoms in total. The minimum atomic E-state index is -1.20. The topological polar surface area (TPSA) is 72.2 Å². The molecule has 1 aromatic heterocycles. The predicted octanol–water partition coefficient (Wildman–Crippen LogP) is 5.31. The van der Waals surface area contributed by atoms with Crippen LogP contribution in [0, 0.1) is 12.7 Å². The van der Waals surface area contributed by atoms with Gasteiger partial charge < -0.3 is 5.11 Å². The van der Waals surface area contributed by atoms with Crippen LogP contribution in [0.2, 0.25) is 5.02 Å². The maximum atomic E-state index is 14.8. The van der Waals surface area contributed by atoms with Crippen LogP contribution in [0.25, 0.3) is 11.3 Å². The Balaban J connectivity index is 1.89. The maximum Gasteiger partial charge on any atom is 0.335 e. The van der Waals surface area contributed by atoms with Crippen LogP contribution in [0.1, 0.15) is 56.8 Å². The van der Waals surface area contributed by atoms with Crippen LogP contribution in [0.4, 0.5) is 4.39 Å². The number of halogens is 2. The largest absolute Gasteiger partial charge is 0.478 e. The van der Waals surface area contributed by atoms with E-state index in [1.165, 1.54) is 16.8 Å². The van der Waals surface area contributed by atoms with Crippen molar-refractivity contribution in [1.29, 1.82) is 0 Å². The van der Waals surface area contributed by atoms with Gasteiger partial charge in [-0.2, -0.15) is 9.78 Å². The van der Waals surface area contributed by atoms with E-state index in [1.807, 2.05) is 13.0 Å². The van der Waals surface area contributed by atoms with E-state index in [1.54, 1.807) is 12.1 Å². The second-order valence-electron chi connectivity index (χ2n) is 7.48. The molecular weight excluding hydrogens is 407 g/mol. The van der Waals surface area contributed by atoms with Gasteiger partial charge in [-0.3, -0.25) is 4.79 Å². The van der Waals surface area contributed by atoms with Gasteiger partial charge in [-0.25, -0.2) is 9.18 Å². The van der Waals surface area contributed by atoms with E-state index >= 15 is 0 Å². The Hall–Kier alpha value is -2.99. The molecule has 1 heterocycles. The van der Waals surface area contributed by atoms with Crippen molar-refractivity contribution in [3.05, 3.63) is 75.2 Å². The zero-order valence-corrected chi connectivity index (χ0v) is 17.2. The van der Waals surface area contributed by atoms with Crippen molar-refractivity contribution in [3.63, 3.8) is 0 Å². The third-order valence-electron chi connectivity index (χ3n) is 5.53. The molecule has 0 amide bonds. The number of hydrogen-bond acceptors (Lipinski definition) is 3. The van der Waals surface area contributed by atoms with Gasteiger partial charge in [-0.1, -0.05) is 30.2 Å². The summed E-state index contributed by atoms with van der Waals surface area (Å²) >= 11 is 6.31. The van der Waals surface area contributed by atoms with Crippen molar-refractivity contribution < 1.29 is 19.1 Å². The predicted molar refractivity (Wildman–Crippen MR) is 112 cm³/mol. The maximum absolute atomic E-state index is 14.8. The molecule has 2 aromatic carbocycles. The molecule has 0 fully saturated rings. The molecule has 1 N–H and O–H groups in total. The number of carboxylic acids is 1. The number of hydrogen-bond donors (Lipinski definition) is 1. The normalized spacial score (nSPS) is 13.6. The fraction of sp³-hybridized carbons (Fsp3) is 0.261. The van der Waals surface area contributed by atoms with Gasteiger partial charge in [0, 0.05) is 11.1 Å². The number of rotatable bonds is 3. The first-order valence-corrected chi connectivity index (χ1v) is 10.2. The molecule has 3 aromatic rings. The molecule has 0 aliphatic heterocycles. The molecule has 0 spiro atoms. The summed E-state index contributed by atoms with van der Waals surface area (Å²) in [5.41, 5.74) is 3.18. The number of benzene rings is 2. The standard InChI is InChI=1S/C23H20ClFN2O3/c1-13-6-5-8-17(24)20(13)22(28)27-19-9-4-2-3-7-16(19)21(26-27)15-11-10-14(23(29)30)12-18(15)25/h5-6,8,10-12H,2-4,7,9H2,1H3,(H,29,30). The molecule has 154 valence electrons. The van der Waals surface area contributed by atoms with Crippen LogP contribution in [0.3, 0.4) is 0 Å². The highest BCUT2D eigenvalue weighted by molar-refractivity contribution is 6.34. The van der Waals surface area contributed by atoms with Crippen molar-refractivity contribution in [3.8, 4) is 11.3 Å². The molecular formula is C23H20ClFN2O3. The Morgan fingerprint density at radius 2 is 1.90 bits per heavy atom. The van der Waals surface area contributed by atoms with Crippen LogP contribution in [-0.2, 0) is 12.8 Å². The van der Waals surface area contributed by atoms with Crippen molar-refractivity contribution in [2.24, 2.45) is 0 Å². The zero-order chi connectivity index (χ0) is 21.4. The monoisotopic (exact) mass is 426 g/mol. The molecule has 4 rings (SSSR count). The fourth-order valence-electron chi connectivity index (χ4n) is 4.01. The molecule has 0 saturated carbocycles. The number of fused-ring (bicyclic) bond motifs is 1. The van der Waals surface area contributed by atoms with Gasteiger partial charge in [0.1, 0.15) is 5.82 Å². The van der Waals surface area contributed by atoms with Gasteiger partial charge in [-0.15, -0.1) is 0 Å². The molecule has 7 heteroatoms. The van der Waals surface area contributed by atoms with E-state index in [4.69, 9.17) is 16.7 Å². The molecule has 0 unspecified atom stereocenters.